The second-order valence-electron chi connectivity index (χ2n) is 6.21. The molecule has 0 aliphatic carbocycles. The van der Waals surface area contributed by atoms with Crippen molar-refractivity contribution in [2.24, 2.45) is 5.84 Å². The summed E-state index contributed by atoms with van der Waals surface area (Å²) in [6, 6.07) is 9.17. The normalized spacial score (nSPS) is 25.8. The molecule has 0 saturated carbocycles. The molecule has 136 valence electrons. The summed E-state index contributed by atoms with van der Waals surface area (Å²) < 4.78 is 5.05. The molecule has 4 unspecified atom stereocenters. The van der Waals surface area contributed by atoms with Crippen molar-refractivity contribution in [3.8, 4) is 17.2 Å². The number of phenols is 2. The number of hydrogen-bond acceptors (Lipinski definition) is 8. The fraction of sp³-hybridized carbons (Fsp3) is 0.235. The predicted molar refractivity (Wildman–Crippen MR) is 91.2 cm³/mol. The van der Waals surface area contributed by atoms with E-state index in [2.05, 4.69) is 0 Å². The standard InChI is InChI=1S/C17H18N4O5/c1-26-15-5-2-9(6-14(15)23)12-8-16-19(12)21(16)20(18)13-7-10(22)3-4-11(13)17(24)25/h2-7,12,16,22-23H,8,18H2,1H3,(H,24,25). The molecule has 2 aliphatic rings. The fourth-order valence-corrected chi connectivity index (χ4v) is 3.39. The Hall–Kier alpha value is -3.01. The Morgan fingerprint density at radius 1 is 1.27 bits per heavy atom. The zero-order chi connectivity index (χ0) is 18.6. The van der Waals surface area contributed by atoms with Gasteiger partial charge in [-0.1, -0.05) is 6.07 Å². The number of aromatic carboxylic acids is 1. The molecule has 2 heterocycles. The Bertz CT molecular complexity index is 889. The number of benzene rings is 2. The minimum absolute atomic E-state index is 0.00329. The van der Waals surface area contributed by atoms with Gasteiger partial charge in [0.2, 0.25) is 0 Å². The second-order valence-corrected chi connectivity index (χ2v) is 6.21. The Morgan fingerprint density at radius 2 is 2.04 bits per heavy atom. The lowest BCUT2D eigenvalue weighted by Crippen LogP contribution is -2.39. The molecule has 0 amide bonds. The summed E-state index contributed by atoms with van der Waals surface area (Å²) in [6.45, 7) is 0. The maximum absolute atomic E-state index is 11.4. The highest BCUT2D eigenvalue weighted by Crippen LogP contribution is 2.54. The number of carboxylic acid groups (broad SMARTS) is 1. The number of carbonyl (C=O) groups is 1. The first-order chi connectivity index (χ1) is 12.4. The van der Waals surface area contributed by atoms with Crippen LogP contribution in [0.25, 0.3) is 0 Å². The average Bonchev–Trinajstić information content (AvgIpc) is 3.17. The van der Waals surface area contributed by atoms with E-state index in [0.29, 0.717) is 5.75 Å². The van der Waals surface area contributed by atoms with Crippen LogP contribution >= 0.6 is 0 Å². The number of anilines is 1. The Balaban J connectivity index is 1.55. The average molecular weight is 358 g/mol. The molecule has 2 fully saturated rings. The van der Waals surface area contributed by atoms with Crippen LogP contribution in [0.3, 0.4) is 0 Å². The van der Waals surface area contributed by atoms with Crippen molar-refractivity contribution in [3.05, 3.63) is 47.5 Å². The summed E-state index contributed by atoms with van der Waals surface area (Å²) in [7, 11) is 1.49. The van der Waals surface area contributed by atoms with Gasteiger partial charge in [0.25, 0.3) is 0 Å². The lowest BCUT2D eigenvalue weighted by Gasteiger charge is -2.25. The molecule has 0 spiro atoms. The third kappa shape index (κ3) is 2.41. The first-order valence-electron chi connectivity index (χ1n) is 7.97. The first-order valence-corrected chi connectivity index (χ1v) is 7.97. The van der Waals surface area contributed by atoms with Gasteiger partial charge < -0.3 is 20.1 Å². The Morgan fingerprint density at radius 3 is 2.69 bits per heavy atom. The van der Waals surface area contributed by atoms with Gasteiger partial charge in [0.05, 0.1) is 24.4 Å². The molecule has 4 rings (SSSR count). The third-order valence-electron chi connectivity index (χ3n) is 4.77. The quantitative estimate of drug-likeness (QED) is 0.357. The van der Waals surface area contributed by atoms with Gasteiger partial charge in [0.1, 0.15) is 11.9 Å². The van der Waals surface area contributed by atoms with Gasteiger partial charge >= 0.3 is 5.97 Å². The summed E-state index contributed by atoms with van der Waals surface area (Å²) in [5, 5.41) is 33.9. The number of carboxylic acids is 1. The number of rotatable bonds is 5. The topological polar surface area (TPSA) is 122 Å². The minimum Gasteiger partial charge on any atom is -0.508 e. The lowest BCUT2D eigenvalue weighted by molar-refractivity contribution is 0.0696. The summed E-state index contributed by atoms with van der Waals surface area (Å²) in [5.41, 5.74) is 1.10. The maximum atomic E-state index is 11.4. The number of ether oxygens (including phenoxy) is 1. The van der Waals surface area contributed by atoms with E-state index in [-0.39, 0.29) is 35.0 Å². The van der Waals surface area contributed by atoms with Crippen LogP contribution in [0, 0.1) is 0 Å². The van der Waals surface area contributed by atoms with Crippen LogP contribution in [0.15, 0.2) is 36.4 Å². The number of hydrogen-bond donors (Lipinski definition) is 4. The minimum atomic E-state index is -1.13. The highest BCUT2D eigenvalue weighted by atomic mass is 16.5. The van der Waals surface area contributed by atoms with Crippen LogP contribution in [0.2, 0.25) is 0 Å². The number of nitrogens with zero attached hydrogens (tertiary/aromatic N) is 3. The smallest absolute Gasteiger partial charge is 0.337 e. The third-order valence-corrected chi connectivity index (χ3v) is 4.77. The van der Waals surface area contributed by atoms with Crippen LogP contribution in [0.5, 0.6) is 17.2 Å². The summed E-state index contributed by atoms with van der Waals surface area (Å²) in [4.78, 5) is 11.4. The largest absolute Gasteiger partial charge is 0.508 e. The van der Waals surface area contributed by atoms with E-state index in [1.807, 2.05) is 11.1 Å². The van der Waals surface area contributed by atoms with Crippen LogP contribution in [0.4, 0.5) is 5.69 Å². The number of fused-ring (bicyclic) bond motifs is 1. The van der Waals surface area contributed by atoms with Crippen LogP contribution < -0.4 is 15.7 Å². The van der Waals surface area contributed by atoms with Crippen molar-refractivity contribution >= 4 is 11.7 Å². The van der Waals surface area contributed by atoms with E-state index in [1.165, 1.54) is 30.4 Å². The van der Waals surface area contributed by atoms with E-state index in [9.17, 15) is 20.1 Å². The van der Waals surface area contributed by atoms with E-state index in [0.717, 1.165) is 12.0 Å². The van der Waals surface area contributed by atoms with Crippen LogP contribution in [0.1, 0.15) is 28.4 Å². The van der Waals surface area contributed by atoms with Crippen LogP contribution in [-0.4, -0.2) is 44.7 Å². The summed E-state index contributed by atoms with van der Waals surface area (Å²) >= 11 is 0. The molecule has 0 bridgehead atoms. The number of hydrazine groups is 3. The molecule has 2 aliphatic heterocycles. The van der Waals surface area contributed by atoms with E-state index < -0.39 is 5.97 Å². The Kier molecular flexibility index (Phi) is 3.65. The number of nitrogens with two attached hydrogens (primary N) is 1. The van der Waals surface area contributed by atoms with E-state index >= 15 is 0 Å². The van der Waals surface area contributed by atoms with Gasteiger partial charge in [0.15, 0.2) is 11.5 Å². The number of aromatic hydroxyl groups is 2. The van der Waals surface area contributed by atoms with Gasteiger partial charge in [0, 0.05) is 12.5 Å². The zero-order valence-electron chi connectivity index (χ0n) is 13.9. The number of methoxy groups -OCH3 is 1. The van der Waals surface area contributed by atoms with Crippen molar-refractivity contribution in [2.75, 3.05) is 12.2 Å². The summed E-state index contributed by atoms with van der Waals surface area (Å²) in [6.07, 6.45) is 0.832. The molecular weight excluding hydrogens is 340 g/mol. The lowest BCUT2D eigenvalue weighted by atomic mass is 9.97. The maximum Gasteiger partial charge on any atom is 0.337 e. The number of phenolic OH excluding ortho intramolecular Hbond substituents is 2. The van der Waals surface area contributed by atoms with Gasteiger partial charge in [-0.3, -0.25) is 0 Å². The van der Waals surface area contributed by atoms with Gasteiger partial charge in [-0.15, -0.1) is 5.12 Å². The zero-order valence-corrected chi connectivity index (χ0v) is 13.9. The Labute approximate surface area is 148 Å². The molecule has 26 heavy (non-hydrogen) atoms. The molecule has 0 aromatic heterocycles. The molecular formula is C17H18N4O5. The molecule has 9 heteroatoms. The molecule has 2 saturated heterocycles. The monoisotopic (exact) mass is 358 g/mol. The van der Waals surface area contributed by atoms with Crippen molar-refractivity contribution in [1.82, 2.24) is 10.1 Å². The van der Waals surface area contributed by atoms with Crippen molar-refractivity contribution in [2.45, 2.75) is 18.6 Å². The van der Waals surface area contributed by atoms with Gasteiger partial charge in [-0.25, -0.2) is 15.8 Å². The molecule has 5 N–H and O–H groups in total. The van der Waals surface area contributed by atoms with E-state index in [4.69, 9.17) is 10.6 Å². The first kappa shape index (κ1) is 16.5. The molecule has 9 nitrogen and oxygen atoms in total. The van der Waals surface area contributed by atoms with Gasteiger partial charge in [-0.2, -0.15) is 5.01 Å². The van der Waals surface area contributed by atoms with E-state index in [1.54, 1.807) is 17.3 Å². The molecule has 4 atom stereocenters. The van der Waals surface area contributed by atoms with Crippen molar-refractivity contribution in [1.29, 1.82) is 0 Å². The van der Waals surface area contributed by atoms with Crippen molar-refractivity contribution < 1.29 is 24.9 Å². The highest BCUT2D eigenvalue weighted by Gasteiger charge is 2.63. The predicted octanol–water partition coefficient (Wildman–Crippen LogP) is 1.40. The second kappa shape index (κ2) is 5.77. The molecule has 2 aromatic rings. The van der Waals surface area contributed by atoms with Crippen molar-refractivity contribution in [3.63, 3.8) is 0 Å². The molecule has 2 aromatic carbocycles. The summed E-state index contributed by atoms with van der Waals surface area (Å²) in [5.74, 6) is 5.39. The van der Waals surface area contributed by atoms with Crippen LogP contribution in [-0.2, 0) is 0 Å². The highest BCUT2D eigenvalue weighted by molar-refractivity contribution is 5.94. The van der Waals surface area contributed by atoms with Gasteiger partial charge in [-0.05, 0) is 29.8 Å². The SMILES string of the molecule is COc1ccc(C2CC3N2N3N(N)c2cc(O)ccc2C(=O)O)cc1O. The molecule has 0 radical (unpaired) electrons. The fourth-order valence-electron chi connectivity index (χ4n) is 3.39.